The van der Waals surface area contributed by atoms with E-state index < -0.39 is 0 Å². The number of hydrogen-bond acceptors (Lipinski definition) is 3. The molecule has 1 heterocycles. The number of nitrogens with zero attached hydrogens (tertiary/aromatic N) is 2. The van der Waals surface area contributed by atoms with E-state index in [0.717, 1.165) is 18.2 Å². The molecule has 2 rings (SSSR count). The average Bonchev–Trinajstić information content (AvgIpc) is 2.68. The van der Waals surface area contributed by atoms with Crippen LogP contribution in [0.15, 0.2) is 18.6 Å². The van der Waals surface area contributed by atoms with E-state index in [1.54, 1.807) is 12.4 Å². The van der Waals surface area contributed by atoms with E-state index in [-0.39, 0.29) is 6.04 Å². The van der Waals surface area contributed by atoms with Gasteiger partial charge in [0.1, 0.15) is 0 Å². The van der Waals surface area contributed by atoms with Gasteiger partial charge in [-0.1, -0.05) is 27.7 Å². The van der Waals surface area contributed by atoms with Crippen LogP contribution in [0.5, 0.6) is 0 Å². The number of rotatable bonds is 4. The fourth-order valence-corrected chi connectivity index (χ4v) is 2.78. The molecule has 1 aliphatic carbocycles. The lowest BCUT2D eigenvalue weighted by Gasteiger charge is -2.13. The van der Waals surface area contributed by atoms with Gasteiger partial charge in [0, 0.05) is 24.6 Å². The second-order valence-corrected chi connectivity index (χ2v) is 6.26. The first-order chi connectivity index (χ1) is 7.87. The smallest absolute Gasteiger partial charge is 0.0753 e. The van der Waals surface area contributed by atoms with E-state index in [2.05, 4.69) is 49.9 Å². The molecule has 94 valence electrons. The van der Waals surface area contributed by atoms with E-state index in [9.17, 15) is 0 Å². The van der Waals surface area contributed by atoms with Crippen molar-refractivity contribution in [3.8, 4) is 0 Å². The van der Waals surface area contributed by atoms with Gasteiger partial charge in [0.15, 0.2) is 0 Å². The molecule has 0 aromatic carbocycles. The minimum Gasteiger partial charge on any atom is -0.308 e. The van der Waals surface area contributed by atoms with Gasteiger partial charge in [0.05, 0.1) is 5.69 Å². The highest BCUT2D eigenvalue weighted by molar-refractivity contribution is 5.13. The highest BCUT2D eigenvalue weighted by Gasteiger charge is 2.63. The summed E-state index contributed by atoms with van der Waals surface area (Å²) in [5.41, 5.74) is 1.91. The van der Waals surface area contributed by atoms with E-state index in [4.69, 9.17) is 0 Å². The highest BCUT2D eigenvalue weighted by atomic mass is 15.0. The molecule has 0 spiro atoms. The van der Waals surface area contributed by atoms with Gasteiger partial charge in [-0.2, -0.15) is 0 Å². The first-order valence-electron chi connectivity index (χ1n) is 6.36. The van der Waals surface area contributed by atoms with Crippen LogP contribution in [-0.4, -0.2) is 16.5 Å². The Morgan fingerprint density at radius 2 is 1.88 bits per heavy atom. The molecule has 1 aliphatic rings. The van der Waals surface area contributed by atoms with Crippen molar-refractivity contribution in [3.05, 3.63) is 24.3 Å². The van der Waals surface area contributed by atoms with Crippen LogP contribution >= 0.6 is 0 Å². The lowest BCUT2D eigenvalue weighted by atomic mass is 10.0. The SMILES string of the molecule is CC(NCC1C(C)(C)C1(C)C)c1cnccn1. The molecule has 3 heteroatoms. The summed E-state index contributed by atoms with van der Waals surface area (Å²) in [5.74, 6) is 0.745. The van der Waals surface area contributed by atoms with Gasteiger partial charge in [0.25, 0.3) is 0 Å². The molecule has 1 fully saturated rings. The van der Waals surface area contributed by atoms with Crippen LogP contribution in [0.3, 0.4) is 0 Å². The molecule has 1 atom stereocenters. The van der Waals surface area contributed by atoms with Crippen molar-refractivity contribution >= 4 is 0 Å². The van der Waals surface area contributed by atoms with Crippen LogP contribution in [0.2, 0.25) is 0 Å². The maximum absolute atomic E-state index is 4.32. The summed E-state index contributed by atoms with van der Waals surface area (Å²) >= 11 is 0. The molecule has 17 heavy (non-hydrogen) atoms. The van der Waals surface area contributed by atoms with Gasteiger partial charge in [-0.25, -0.2) is 0 Å². The fraction of sp³-hybridized carbons (Fsp3) is 0.714. The van der Waals surface area contributed by atoms with E-state index in [1.165, 1.54) is 0 Å². The van der Waals surface area contributed by atoms with Crippen LogP contribution in [0, 0.1) is 16.7 Å². The monoisotopic (exact) mass is 233 g/mol. The Hall–Kier alpha value is -0.960. The predicted octanol–water partition coefficient (Wildman–Crippen LogP) is 2.81. The molecule has 1 aromatic rings. The summed E-state index contributed by atoms with van der Waals surface area (Å²) in [5, 5.41) is 3.57. The number of aromatic nitrogens is 2. The standard InChI is InChI=1S/C14H23N3/c1-10(11-8-15-6-7-16-11)17-9-12-13(2,3)14(12,4)5/h6-8,10,12,17H,9H2,1-5H3. The molecule has 0 aliphatic heterocycles. The normalized spacial score (nSPS) is 23.4. The zero-order valence-corrected chi connectivity index (χ0v) is 11.5. The van der Waals surface area contributed by atoms with Gasteiger partial charge < -0.3 is 5.32 Å². The molecule has 0 amide bonds. The lowest BCUT2D eigenvalue weighted by Crippen LogP contribution is -2.23. The van der Waals surface area contributed by atoms with Gasteiger partial charge >= 0.3 is 0 Å². The average molecular weight is 233 g/mol. The number of hydrogen-bond donors (Lipinski definition) is 1. The fourth-order valence-electron chi connectivity index (χ4n) is 2.78. The Balaban J connectivity index is 1.89. The van der Waals surface area contributed by atoms with Crippen LogP contribution in [0.4, 0.5) is 0 Å². The van der Waals surface area contributed by atoms with E-state index in [1.807, 2.05) is 6.20 Å². The third-order valence-corrected chi connectivity index (χ3v) is 4.97. The van der Waals surface area contributed by atoms with Crippen molar-refractivity contribution in [3.63, 3.8) is 0 Å². The first-order valence-corrected chi connectivity index (χ1v) is 6.36. The molecule has 3 nitrogen and oxygen atoms in total. The van der Waals surface area contributed by atoms with Crippen molar-refractivity contribution in [1.82, 2.24) is 15.3 Å². The highest BCUT2D eigenvalue weighted by Crippen LogP contribution is 2.67. The molecule has 1 N–H and O–H groups in total. The molecule has 0 bridgehead atoms. The van der Waals surface area contributed by atoms with Crippen molar-refractivity contribution < 1.29 is 0 Å². The van der Waals surface area contributed by atoms with Crippen molar-refractivity contribution in [1.29, 1.82) is 0 Å². The topological polar surface area (TPSA) is 37.8 Å². The summed E-state index contributed by atoms with van der Waals surface area (Å²) in [6.07, 6.45) is 5.29. The minimum absolute atomic E-state index is 0.274. The van der Waals surface area contributed by atoms with E-state index in [0.29, 0.717) is 10.8 Å². The Labute approximate surface area is 104 Å². The van der Waals surface area contributed by atoms with Gasteiger partial charge in [-0.05, 0) is 30.2 Å². The summed E-state index contributed by atoms with van der Waals surface area (Å²) in [4.78, 5) is 8.43. The molecule has 0 saturated heterocycles. The third-order valence-electron chi connectivity index (χ3n) is 4.97. The molecule has 0 radical (unpaired) electrons. The van der Waals surface area contributed by atoms with Crippen LogP contribution in [0.1, 0.15) is 46.4 Å². The number of nitrogens with one attached hydrogen (secondary N) is 1. The van der Waals surface area contributed by atoms with E-state index >= 15 is 0 Å². The zero-order valence-electron chi connectivity index (χ0n) is 11.5. The second-order valence-electron chi connectivity index (χ2n) is 6.26. The van der Waals surface area contributed by atoms with Gasteiger partial charge in [0.2, 0.25) is 0 Å². The minimum atomic E-state index is 0.274. The van der Waals surface area contributed by atoms with Crippen LogP contribution < -0.4 is 5.32 Å². The van der Waals surface area contributed by atoms with Crippen molar-refractivity contribution in [2.24, 2.45) is 16.7 Å². The Morgan fingerprint density at radius 1 is 1.24 bits per heavy atom. The van der Waals surface area contributed by atoms with Gasteiger partial charge in [-0.15, -0.1) is 0 Å². The van der Waals surface area contributed by atoms with Crippen LogP contribution in [0.25, 0.3) is 0 Å². The summed E-state index contributed by atoms with van der Waals surface area (Å²) in [6, 6.07) is 0.274. The molecular weight excluding hydrogens is 210 g/mol. The van der Waals surface area contributed by atoms with Crippen molar-refractivity contribution in [2.45, 2.75) is 40.7 Å². The van der Waals surface area contributed by atoms with Crippen LogP contribution in [-0.2, 0) is 0 Å². The Kier molecular flexibility index (Phi) is 2.98. The quantitative estimate of drug-likeness (QED) is 0.869. The lowest BCUT2D eigenvalue weighted by molar-refractivity contribution is 0.457. The van der Waals surface area contributed by atoms with Gasteiger partial charge in [-0.3, -0.25) is 9.97 Å². The first kappa shape index (κ1) is 12.5. The zero-order chi connectivity index (χ0) is 12.7. The van der Waals surface area contributed by atoms with Crippen molar-refractivity contribution in [2.75, 3.05) is 6.54 Å². The predicted molar refractivity (Wildman–Crippen MR) is 69.5 cm³/mol. The third kappa shape index (κ3) is 2.08. The Bertz CT molecular complexity index is 370. The summed E-state index contributed by atoms with van der Waals surface area (Å²) < 4.78 is 0. The molecule has 1 unspecified atom stereocenters. The second kappa shape index (κ2) is 4.05. The molecular formula is C14H23N3. The molecule has 1 saturated carbocycles. The maximum Gasteiger partial charge on any atom is 0.0753 e. The summed E-state index contributed by atoms with van der Waals surface area (Å²) in [6.45, 7) is 12.6. The Morgan fingerprint density at radius 3 is 2.35 bits per heavy atom. The largest absolute Gasteiger partial charge is 0.308 e. The maximum atomic E-state index is 4.32. The summed E-state index contributed by atoms with van der Waals surface area (Å²) in [7, 11) is 0. The molecule has 1 aromatic heterocycles.